The van der Waals surface area contributed by atoms with Crippen LogP contribution in [0.3, 0.4) is 0 Å². The zero-order valence-electron chi connectivity index (χ0n) is 16.1. The van der Waals surface area contributed by atoms with Crippen molar-refractivity contribution in [2.75, 3.05) is 26.2 Å². The Balaban J connectivity index is 0.00000243. The summed E-state index contributed by atoms with van der Waals surface area (Å²) in [4.78, 5) is 41.1. The molecule has 0 bridgehead atoms. The van der Waals surface area contributed by atoms with E-state index in [4.69, 9.17) is 0 Å². The van der Waals surface area contributed by atoms with E-state index in [9.17, 15) is 14.4 Å². The first-order valence-electron chi connectivity index (χ1n) is 9.28. The van der Waals surface area contributed by atoms with Gasteiger partial charge >= 0.3 is 6.03 Å². The largest absolute Gasteiger partial charge is 0.336 e. The first-order valence-corrected chi connectivity index (χ1v) is 9.28. The van der Waals surface area contributed by atoms with Crippen LogP contribution in [0.1, 0.15) is 47.0 Å². The Kier molecular flexibility index (Phi) is 5.93. The van der Waals surface area contributed by atoms with E-state index in [1.165, 1.54) is 0 Å². The number of nitrogens with one attached hydrogen (secondary N) is 2. The molecule has 7 nitrogen and oxygen atoms in total. The highest BCUT2D eigenvalue weighted by atomic mass is 35.5. The number of imide groups is 1. The van der Waals surface area contributed by atoms with Gasteiger partial charge in [0.1, 0.15) is 12.1 Å². The summed E-state index contributed by atoms with van der Waals surface area (Å²) in [6.07, 6.45) is 2.31. The highest BCUT2D eigenvalue weighted by Crippen LogP contribution is 2.46. The third-order valence-corrected chi connectivity index (χ3v) is 5.74. The molecule has 2 unspecified atom stereocenters. The maximum atomic E-state index is 13.1. The van der Waals surface area contributed by atoms with Crippen molar-refractivity contribution in [1.29, 1.82) is 0 Å². The van der Waals surface area contributed by atoms with E-state index in [1.54, 1.807) is 4.90 Å². The van der Waals surface area contributed by atoms with Crippen molar-refractivity contribution < 1.29 is 14.4 Å². The average molecular weight is 387 g/mol. The Hall–Kier alpha value is -1.34. The van der Waals surface area contributed by atoms with Crippen LogP contribution in [0.2, 0.25) is 0 Å². The van der Waals surface area contributed by atoms with E-state index >= 15 is 0 Å². The molecule has 26 heavy (non-hydrogen) atoms. The lowest BCUT2D eigenvalue weighted by Crippen LogP contribution is -2.56. The first kappa shape index (κ1) is 21.0. The average Bonchev–Trinajstić information content (AvgIpc) is 2.69. The SMILES string of the molecule is CC1CC(C)(C)CC2(C1)NC(=O)N(CC(=O)N1CCNC[C@@H]1C)C2=O.Cl. The van der Waals surface area contributed by atoms with Crippen molar-refractivity contribution in [3.05, 3.63) is 0 Å². The lowest BCUT2D eigenvalue weighted by Gasteiger charge is -2.43. The second-order valence-corrected chi connectivity index (χ2v) is 8.90. The topological polar surface area (TPSA) is 81.8 Å². The highest BCUT2D eigenvalue weighted by Gasteiger charge is 2.56. The fraction of sp³-hybridized carbons (Fsp3) is 0.833. The predicted molar refractivity (Wildman–Crippen MR) is 101 cm³/mol. The van der Waals surface area contributed by atoms with Crippen LogP contribution in [0.4, 0.5) is 4.79 Å². The molecule has 3 atom stereocenters. The van der Waals surface area contributed by atoms with Gasteiger partial charge in [0.05, 0.1) is 0 Å². The van der Waals surface area contributed by atoms with Crippen LogP contribution in [0, 0.1) is 11.3 Å². The number of halogens is 1. The zero-order valence-corrected chi connectivity index (χ0v) is 16.9. The molecular weight excluding hydrogens is 356 g/mol. The van der Waals surface area contributed by atoms with E-state index in [1.807, 2.05) is 6.92 Å². The number of rotatable bonds is 2. The molecule has 3 fully saturated rings. The highest BCUT2D eigenvalue weighted by molar-refractivity contribution is 6.09. The summed E-state index contributed by atoms with van der Waals surface area (Å²) in [6.45, 7) is 10.3. The van der Waals surface area contributed by atoms with Crippen LogP contribution in [-0.2, 0) is 9.59 Å². The van der Waals surface area contributed by atoms with Gasteiger partial charge in [0.25, 0.3) is 5.91 Å². The van der Waals surface area contributed by atoms with Crippen molar-refractivity contribution in [2.45, 2.75) is 58.5 Å². The van der Waals surface area contributed by atoms with Crippen molar-refractivity contribution in [1.82, 2.24) is 20.4 Å². The molecule has 0 aromatic carbocycles. The van der Waals surface area contributed by atoms with E-state index in [0.29, 0.717) is 25.3 Å². The van der Waals surface area contributed by atoms with Crippen molar-refractivity contribution in [3.63, 3.8) is 0 Å². The minimum absolute atomic E-state index is 0. The Morgan fingerprint density at radius 1 is 1.23 bits per heavy atom. The molecule has 2 N–H and O–H groups in total. The van der Waals surface area contributed by atoms with Gasteiger partial charge in [-0.25, -0.2) is 4.79 Å². The molecular formula is C18H31ClN4O3. The van der Waals surface area contributed by atoms with E-state index in [2.05, 4.69) is 31.4 Å². The monoisotopic (exact) mass is 386 g/mol. The van der Waals surface area contributed by atoms with Gasteiger partial charge in [-0.05, 0) is 37.5 Å². The predicted octanol–water partition coefficient (Wildman–Crippen LogP) is 1.37. The number of carbonyl (C=O) groups excluding carboxylic acids is 3. The normalized spacial score (nSPS) is 33.8. The van der Waals surface area contributed by atoms with Gasteiger partial charge in [-0.15, -0.1) is 12.4 Å². The third-order valence-electron chi connectivity index (χ3n) is 5.74. The van der Waals surface area contributed by atoms with Crippen LogP contribution >= 0.6 is 12.4 Å². The maximum Gasteiger partial charge on any atom is 0.325 e. The molecule has 4 amide bonds. The Bertz CT molecular complexity index is 597. The van der Waals surface area contributed by atoms with E-state index in [-0.39, 0.29) is 42.2 Å². The summed E-state index contributed by atoms with van der Waals surface area (Å²) in [5.41, 5.74) is -0.846. The second kappa shape index (κ2) is 7.35. The standard InChI is InChI=1S/C18H30N4O3.ClH/c1-12-7-17(3,4)11-18(8-12)15(24)22(16(25)20-18)10-14(23)21-6-5-19-9-13(21)2;/h12-13,19H,5-11H2,1-4H3,(H,20,25);1H/t12?,13-,18?;/m0./s1. The second-order valence-electron chi connectivity index (χ2n) is 8.90. The van der Waals surface area contributed by atoms with Gasteiger partial charge in [-0.2, -0.15) is 0 Å². The number of urea groups is 1. The fourth-order valence-electron chi connectivity index (χ4n) is 5.09. The summed E-state index contributed by atoms with van der Waals surface area (Å²) < 4.78 is 0. The summed E-state index contributed by atoms with van der Waals surface area (Å²) in [6, 6.07) is -0.351. The molecule has 0 aromatic heterocycles. The van der Waals surface area contributed by atoms with Gasteiger partial charge in [-0.1, -0.05) is 20.8 Å². The number of amides is 4. The summed E-state index contributed by atoms with van der Waals surface area (Å²) >= 11 is 0. The van der Waals surface area contributed by atoms with Gasteiger partial charge < -0.3 is 15.5 Å². The Labute approximate surface area is 161 Å². The molecule has 148 valence electrons. The minimum atomic E-state index is -0.840. The smallest absolute Gasteiger partial charge is 0.325 e. The Morgan fingerprint density at radius 3 is 2.54 bits per heavy atom. The van der Waals surface area contributed by atoms with Crippen LogP contribution in [-0.4, -0.2) is 65.4 Å². The van der Waals surface area contributed by atoms with Crippen molar-refractivity contribution in [2.24, 2.45) is 11.3 Å². The van der Waals surface area contributed by atoms with Crippen LogP contribution < -0.4 is 10.6 Å². The van der Waals surface area contributed by atoms with Crippen molar-refractivity contribution in [3.8, 4) is 0 Å². The molecule has 1 aliphatic carbocycles. The summed E-state index contributed by atoms with van der Waals surface area (Å²) in [7, 11) is 0. The molecule has 1 saturated carbocycles. The van der Waals surface area contributed by atoms with E-state index < -0.39 is 11.6 Å². The molecule has 2 aliphatic heterocycles. The van der Waals surface area contributed by atoms with Crippen LogP contribution in [0.5, 0.6) is 0 Å². The van der Waals surface area contributed by atoms with Gasteiger partial charge in [0.2, 0.25) is 5.91 Å². The number of hydrogen-bond donors (Lipinski definition) is 2. The van der Waals surface area contributed by atoms with Gasteiger partial charge in [0.15, 0.2) is 0 Å². The fourth-order valence-corrected chi connectivity index (χ4v) is 5.09. The molecule has 2 heterocycles. The molecule has 0 aromatic rings. The quantitative estimate of drug-likeness (QED) is 0.702. The molecule has 0 radical (unpaired) electrons. The van der Waals surface area contributed by atoms with Crippen LogP contribution in [0.25, 0.3) is 0 Å². The lowest BCUT2D eigenvalue weighted by atomic mass is 9.64. The number of piperazine rings is 1. The van der Waals surface area contributed by atoms with Crippen LogP contribution in [0.15, 0.2) is 0 Å². The maximum absolute atomic E-state index is 13.1. The number of carbonyl (C=O) groups is 3. The first-order chi connectivity index (χ1) is 11.6. The molecule has 3 rings (SSSR count). The summed E-state index contributed by atoms with van der Waals surface area (Å²) in [5, 5.41) is 6.17. The Morgan fingerprint density at radius 2 is 1.92 bits per heavy atom. The molecule has 1 spiro atoms. The van der Waals surface area contributed by atoms with E-state index in [0.717, 1.165) is 24.4 Å². The lowest BCUT2D eigenvalue weighted by molar-refractivity contribution is -0.142. The van der Waals surface area contributed by atoms with Gasteiger partial charge in [-0.3, -0.25) is 14.5 Å². The minimum Gasteiger partial charge on any atom is -0.336 e. The van der Waals surface area contributed by atoms with Crippen molar-refractivity contribution >= 4 is 30.3 Å². The number of hydrogen-bond acceptors (Lipinski definition) is 4. The van der Waals surface area contributed by atoms with Gasteiger partial charge in [0, 0.05) is 25.7 Å². The number of nitrogens with zero attached hydrogens (tertiary/aromatic N) is 2. The zero-order chi connectivity index (χ0) is 18.4. The summed E-state index contributed by atoms with van der Waals surface area (Å²) in [5.74, 6) is -0.0252. The third kappa shape index (κ3) is 3.83. The molecule has 8 heteroatoms. The molecule has 3 aliphatic rings. The molecule has 2 saturated heterocycles.